The van der Waals surface area contributed by atoms with Crippen molar-refractivity contribution < 1.29 is 13.2 Å². The monoisotopic (exact) mass is 294 g/mol. The number of rotatable bonds is 5. The first-order valence-electron chi connectivity index (χ1n) is 6.21. The lowest BCUT2D eigenvalue weighted by Crippen LogP contribution is -2.51. The summed E-state index contributed by atoms with van der Waals surface area (Å²) in [6.45, 7) is 4.49. The van der Waals surface area contributed by atoms with Crippen LogP contribution in [0.25, 0.3) is 0 Å². The number of sulfone groups is 1. The van der Waals surface area contributed by atoms with Crippen LogP contribution in [0.5, 0.6) is 0 Å². The Hall–Kier alpha value is -0.270. The lowest BCUT2D eigenvalue weighted by Gasteiger charge is -2.35. The summed E-state index contributed by atoms with van der Waals surface area (Å²) in [4.78, 5) is 13.7. The van der Waals surface area contributed by atoms with Crippen LogP contribution < -0.4 is 5.73 Å². The zero-order chi connectivity index (χ0) is 13.8. The van der Waals surface area contributed by atoms with Gasteiger partial charge in [0.15, 0.2) is 9.84 Å². The SMILES string of the molecule is CCS(=O)(=O)C1CSCCN1C(=O)CC(C)CN. The molecule has 106 valence electrons. The van der Waals surface area contributed by atoms with Crippen LogP contribution in [0.1, 0.15) is 20.3 Å². The predicted octanol–water partition coefficient (Wildman–Crippen LogP) is 0.308. The van der Waals surface area contributed by atoms with E-state index in [0.29, 0.717) is 25.3 Å². The molecule has 0 radical (unpaired) electrons. The molecule has 1 fully saturated rings. The van der Waals surface area contributed by atoms with Crippen LogP contribution >= 0.6 is 11.8 Å². The van der Waals surface area contributed by atoms with E-state index in [9.17, 15) is 13.2 Å². The minimum atomic E-state index is -3.20. The van der Waals surface area contributed by atoms with Gasteiger partial charge in [-0.15, -0.1) is 0 Å². The maximum atomic E-state index is 12.1. The Balaban J connectivity index is 2.80. The van der Waals surface area contributed by atoms with Crippen molar-refractivity contribution in [3.63, 3.8) is 0 Å². The summed E-state index contributed by atoms with van der Waals surface area (Å²) in [6, 6.07) is 0. The summed E-state index contributed by atoms with van der Waals surface area (Å²) in [5.74, 6) is 1.37. The number of thioether (sulfide) groups is 1. The van der Waals surface area contributed by atoms with Gasteiger partial charge in [-0.05, 0) is 12.5 Å². The van der Waals surface area contributed by atoms with Gasteiger partial charge < -0.3 is 10.6 Å². The third-order valence-corrected chi connectivity index (χ3v) is 6.44. The van der Waals surface area contributed by atoms with Crippen LogP contribution in [0, 0.1) is 5.92 Å². The summed E-state index contributed by atoms with van der Waals surface area (Å²) >= 11 is 1.59. The molecular weight excluding hydrogens is 272 g/mol. The molecule has 0 bridgehead atoms. The second-order valence-electron chi connectivity index (χ2n) is 4.61. The van der Waals surface area contributed by atoms with E-state index >= 15 is 0 Å². The lowest BCUT2D eigenvalue weighted by atomic mass is 10.1. The van der Waals surface area contributed by atoms with Crippen molar-refractivity contribution in [1.29, 1.82) is 0 Å². The number of hydrogen-bond donors (Lipinski definition) is 1. The van der Waals surface area contributed by atoms with E-state index in [4.69, 9.17) is 5.73 Å². The molecule has 1 amide bonds. The van der Waals surface area contributed by atoms with Gasteiger partial charge in [0.05, 0.1) is 0 Å². The van der Waals surface area contributed by atoms with Gasteiger partial charge >= 0.3 is 0 Å². The summed E-state index contributed by atoms with van der Waals surface area (Å²) in [5, 5.41) is -0.654. The summed E-state index contributed by atoms with van der Waals surface area (Å²) < 4.78 is 24.0. The molecule has 0 aromatic heterocycles. The predicted molar refractivity (Wildman–Crippen MR) is 75.1 cm³/mol. The van der Waals surface area contributed by atoms with Crippen molar-refractivity contribution in [1.82, 2.24) is 4.90 Å². The lowest BCUT2D eigenvalue weighted by molar-refractivity contribution is -0.132. The normalized spacial score (nSPS) is 22.8. The minimum Gasteiger partial charge on any atom is -0.330 e. The molecule has 0 aromatic carbocycles. The molecule has 1 saturated heterocycles. The molecule has 0 aromatic rings. The molecule has 1 rings (SSSR count). The van der Waals surface area contributed by atoms with Crippen molar-refractivity contribution in [3.05, 3.63) is 0 Å². The molecule has 1 aliphatic rings. The largest absolute Gasteiger partial charge is 0.330 e. The van der Waals surface area contributed by atoms with E-state index in [0.717, 1.165) is 5.75 Å². The molecule has 2 unspecified atom stereocenters. The molecule has 5 nitrogen and oxygen atoms in total. The molecule has 1 heterocycles. The van der Waals surface area contributed by atoms with Crippen molar-refractivity contribution in [2.75, 3.05) is 30.3 Å². The molecule has 7 heteroatoms. The van der Waals surface area contributed by atoms with Gasteiger partial charge in [0.25, 0.3) is 0 Å². The molecule has 0 aliphatic carbocycles. The molecule has 0 spiro atoms. The van der Waals surface area contributed by atoms with Crippen molar-refractivity contribution in [2.45, 2.75) is 25.6 Å². The molecule has 2 N–H and O–H groups in total. The maximum Gasteiger partial charge on any atom is 0.224 e. The van der Waals surface area contributed by atoms with E-state index in [1.54, 1.807) is 18.7 Å². The van der Waals surface area contributed by atoms with Crippen LogP contribution in [-0.4, -0.2) is 54.9 Å². The Labute approximate surface area is 113 Å². The number of amides is 1. The smallest absolute Gasteiger partial charge is 0.224 e. The second-order valence-corrected chi connectivity index (χ2v) is 8.21. The average Bonchev–Trinajstić information content (AvgIpc) is 2.38. The average molecular weight is 294 g/mol. The van der Waals surface area contributed by atoms with E-state index in [1.165, 1.54) is 4.90 Å². The molecule has 2 atom stereocenters. The zero-order valence-electron chi connectivity index (χ0n) is 11.0. The first kappa shape index (κ1) is 15.8. The fraction of sp³-hybridized carbons (Fsp3) is 0.909. The highest BCUT2D eigenvalue weighted by molar-refractivity contribution is 8.01. The molecule has 18 heavy (non-hydrogen) atoms. The molecular formula is C11H22N2O3S2. The maximum absolute atomic E-state index is 12.1. The zero-order valence-corrected chi connectivity index (χ0v) is 12.6. The highest BCUT2D eigenvalue weighted by atomic mass is 32.2. The number of hydrogen-bond acceptors (Lipinski definition) is 5. The fourth-order valence-electron chi connectivity index (χ4n) is 1.85. The van der Waals surface area contributed by atoms with Crippen LogP contribution in [-0.2, 0) is 14.6 Å². The summed E-state index contributed by atoms with van der Waals surface area (Å²) in [6.07, 6.45) is 0.330. The van der Waals surface area contributed by atoms with E-state index in [-0.39, 0.29) is 17.6 Å². The van der Waals surface area contributed by atoms with Gasteiger partial charge in [-0.2, -0.15) is 11.8 Å². The van der Waals surface area contributed by atoms with Gasteiger partial charge in [-0.3, -0.25) is 4.79 Å². The standard InChI is InChI=1S/C11H22N2O3S2/c1-3-18(15,16)11-8-17-5-4-13(11)10(14)6-9(2)7-12/h9,11H,3-8,12H2,1-2H3. The summed E-state index contributed by atoms with van der Waals surface area (Å²) in [5.41, 5.74) is 5.50. The highest BCUT2D eigenvalue weighted by Crippen LogP contribution is 2.22. The van der Waals surface area contributed by atoms with Crippen LogP contribution in [0.2, 0.25) is 0 Å². The number of nitrogens with zero attached hydrogens (tertiary/aromatic N) is 1. The van der Waals surface area contributed by atoms with Gasteiger partial charge in [0.1, 0.15) is 5.37 Å². The van der Waals surface area contributed by atoms with Gasteiger partial charge in [0.2, 0.25) is 5.91 Å². The van der Waals surface area contributed by atoms with Gasteiger partial charge in [-0.1, -0.05) is 13.8 Å². The van der Waals surface area contributed by atoms with Crippen LogP contribution in [0.15, 0.2) is 0 Å². The Kier molecular flexibility index (Phi) is 5.94. The van der Waals surface area contributed by atoms with Crippen molar-refractivity contribution in [2.24, 2.45) is 11.7 Å². The number of carbonyl (C=O) groups excluding carboxylic acids is 1. The number of carbonyl (C=O) groups is 1. The van der Waals surface area contributed by atoms with Gasteiger partial charge in [0, 0.05) is 30.2 Å². The Morgan fingerprint density at radius 1 is 1.56 bits per heavy atom. The second kappa shape index (κ2) is 6.77. The topological polar surface area (TPSA) is 80.5 Å². The Morgan fingerprint density at radius 3 is 2.78 bits per heavy atom. The molecule has 1 aliphatic heterocycles. The van der Waals surface area contributed by atoms with Crippen molar-refractivity contribution in [3.8, 4) is 0 Å². The van der Waals surface area contributed by atoms with Gasteiger partial charge in [-0.25, -0.2) is 8.42 Å². The first-order valence-corrected chi connectivity index (χ1v) is 9.08. The third-order valence-electron chi connectivity index (χ3n) is 3.15. The van der Waals surface area contributed by atoms with E-state index < -0.39 is 15.2 Å². The minimum absolute atomic E-state index is 0.0778. The summed E-state index contributed by atoms with van der Waals surface area (Å²) in [7, 11) is -3.20. The molecule has 0 saturated carbocycles. The van der Waals surface area contributed by atoms with E-state index in [1.807, 2.05) is 6.92 Å². The highest BCUT2D eigenvalue weighted by Gasteiger charge is 2.35. The van der Waals surface area contributed by atoms with Crippen LogP contribution in [0.4, 0.5) is 0 Å². The number of nitrogens with two attached hydrogens (primary N) is 1. The van der Waals surface area contributed by atoms with Crippen LogP contribution in [0.3, 0.4) is 0 Å². The quantitative estimate of drug-likeness (QED) is 0.789. The Bertz CT molecular complexity index is 384. The van der Waals surface area contributed by atoms with Crippen molar-refractivity contribution >= 4 is 27.5 Å². The first-order chi connectivity index (χ1) is 8.42. The van der Waals surface area contributed by atoms with E-state index in [2.05, 4.69) is 0 Å². The fourth-order valence-corrected chi connectivity index (χ4v) is 4.84. The Morgan fingerprint density at radius 2 is 2.22 bits per heavy atom. The third kappa shape index (κ3) is 3.86.